The third kappa shape index (κ3) is 2.06. The van der Waals surface area contributed by atoms with Crippen LogP contribution >= 0.6 is 0 Å². The Bertz CT molecular complexity index is 501. The highest BCUT2D eigenvalue weighted by atomic mass is 16.5. The number of ether oxygens (including phenoxy) is 1. The standard InChI is InChI=1S/C13H13N3O/c1-2-4-13-11(3-1)12(5-6-17-13)16-10-7-14-9-15-8-10/h1-4,7-9,12,16H,5-6H2. The molecule has 17 heavy (non-hydrogen) atoms. The molecule has 0 aliphatic carbocycles. The molecule has 1 atom stereocenters. The minimum Gasteiger partial charge on any atom is -0.493 e. The molecule has 86 valence electrons. The summed E-state index contributed by atoms with van der Waals surface area (Å²) < 4.78 is 5.62. The van der Waals surface area contributed by atoms with Crippen molar-refractivity contribution in [2.75, 3.05) is 11.9 Å². The number of aromatic nitrogens is 2. The zero-order chi connectivity index (χ0) is 11.5. The molecule has 0 amide bonds. The minimum absolute atomic E-state index is 0.269. The number of hydrogen-bond donors (Lipinski definition) is 1. The molecule has 0 saturated carbocycles. The Morgan fingerprint density at radius 2 is 2.00 bits per heavy atom. The molecule has 1 aromatic heterocycles. The van der Waals surface area contributed by atoms with Crippen molar-refractivity contribution in [1.82, 2.24) is 9.97 Å². The number of fused-ring (bicyclic) bond motifs is 1. The van der Waals surface area contributed by atoms with Crippen LogP contribution in [0.4, 0.5) is 5.69 Å². The van der Waals surface area contributed by atoms with Gasteiger partial charge < -0.3 is 10.1 Å². The van der Waals surface area contributed by atoms with E-state index >= 15 is 0 Å². The van der Waals surface area contributed by atoms with Crippen LogP contribution in [-0.4, -0.2) is 16.6 Å². The lowest BCUT2D eigenvalue weighted by Crippen LogP contribution is -2.20. The van der Waals surface area contributed by atoms with E-state index in [1.165, 1.54) is 11.9 Å². The van der Waals surface area contributed by atoms with E-state index in [1.807, 2.05) is 18.2 Å². The van der Waals surface area contributed by atoms with E-state index in [1.54, 1.807) is 12.4 Å². The Morgan fingerprint density at radius 1 is 1.18 bits per heavy atom. The normalized spacial score (nSPS) is 18.0. The van der Waals surface area contributed by atoms with Gasteiger partial charge in [0.1, 0.15) is 12.1 Å². The summed E-state index contributed by atoms with van der Waals surface area (Å²) in [6.45, 7) is 0.738. The minimum atomic E-state index is 0.269. The van der Waals surface area contributed by atoms with Crippen molar-refractivity contribution in [2.45, 2.75) is 12.5 Å². The summed E-state index contributed by atoms with van der Waals surface area (Å²) in [5.41, 5.74) is 2.14. The Kier molecular flexibility index (Phi) is 2.62. The van der Waals surface area contributed by atoms with Crippen LogP contribution in [0, 0.1) is 0 Å². The number of anilines is 1. The Labute approximate surface area is 99.7 Å². The molecular formula is C13H13N3O. The fourth-order valence-corrected chi connectivity index (χ4v) is 2.07. The van der Waals surface area contributed by atoms with E-state index in [9.17, 15) is 0 Å². The van der Waals surface area contributed by atoms with Gasteiger partial charge in [0.2, 0.25) is 0 Å². The molecule has 2 heterocycles. The van der Waals surface area contributed by atoms with Crippen molar-refractivity contribution in [2.24, 2.45) is 0 Å². The van der Waals surface area contributed by atoms with Crippen LogP contribution in [-0.2, 0) is 0 Å². The number of para-hydroxylation sites is 1. The molecular weight excluding hydrogens is 214 g/mol. The van der Waals surface area contributed by atoms with Gasteiger partial charge in [-0.05, 0) is 6.07 Å². The van der Waals surface area contributed by atoms with Crippen LogP contribution in [0.25, 0.3) is 0 Å². The highest BCUT2D eigenvalue weighted by molar-refractivity contribution is 5.45. The molecule has 1 N–H and O–H groups in total. The fourth-order valence-electron chi connectivity index (χ4n) is 2.07. The maximum Gasteiger partial charge on any atom is 0.124 e. The van der Waals surface area contributed by atoms with Gasteiger partial charge in [-0.3, -0.25) is 0 Å². The largest absolute Gasteiger partial charge is 0.493 e. The van der Waals surface area contributed by atoms with Crippen molar-refractivity contribution in [3.8, 4) is 5.75 Å². The Hall–Kier alpha value is -2.10. The van der Waals surface area contributed by atoms with Crippen LogP contribution in [0.3, 0.4) is 0 Å². The van der Waals surface area contributed by atoms with Gasteiger partial charge in [-0.15, -0.1) is 0 Å². The Balaban J connectivity index is 1.86. The predicted octanol–water partition coefficient (Wildman–Crippen LogP) is 2.41. The van der Waals surface area contributed by atoms with Gasteiger partial charge in [-0.2, -0.15) is 0 Å². The molecule has 0 fully saturated rings. The van der Waals surface area contributed by atoms with Gasteiger partial charge in [0.25, 0.3) is 0 Å². The lowest BCUT2D eigenvalue weighted by Gasteiger charge is -2.27. The van der Waals surface area contributed by atoms with E-state index in [4.69, 9.17) is 4.74 Å². The molecule has 1 aliphatic heterocycles. The first-order chi connectivity index (χ1) is 8.43. The highest BCUT2D eigenvalue weighted by Crippen LogP contribution is 2.33. The van der Waals surface area contributed by atoms with Gasteiger partial charge >= 0.3 is 0 Å². The quantitative estimate of drug-likeness (QED) is 0.855. The van der Waals surface area contributed by atoms with E-state index in [2.05, 4.69) is 21.4 Å². The molecule has 1 aromatic carbocycles. The number of hydrogen-bond acceptors (Lipinski definition) is 4. The summed E-state index contributed by atoms with van der Waals surface area (Å²) in [5, 5.41) is 3.43. The van der Waals surface area contributed by atoms with Gasteiger partial charge in [-0.25, -0.2) is 9.97 Å². The first kappa shape index (κ1) is 10.1. The molecule has 1 unspecified atom stereocenters. The number of nitrogens with zero attached hydrogens (tertiary/aromatic N) is 2. The average Bonchev–Trinajstić information content (AvgIpc) is 2.40. The molecule has 1 aliphatic rings. The molecule has 3 rings (SSSR count). The molecule has 0 spiro atoms. The molecule has 2 aromatic rings. The summed E-state index contributed by atoms with van der Waals surface area (Å²) in [5.74, 6) is 0.966. The van der Waals surface area contributed by atoms with Crippen molar-refractivity contribution < 1.29 is 4.74 Å². The lowest BCUT2D eigenvalue weighted by molar-refractivity contribution is 0.274. The average molecular weight is 227 g/mol. The maximum absolute atomic E-state index is 5.62. The third-order valence-electron chi connectivity index (χ3n) is 2.86. The van der Waals surface area contributed by atoms with Crippen LogP contribution in [0.15, 0.2) is 43.0 Å². The predicted molar refractivity (Wildman–Crippen MR) is 64.9 cm³/mol. The van der Waals surface area contributed by atoms with Crippen molar-refractivity contribution >= 4 is 5.69 Å². The maximum atomic E-state index is 5.62. The second kappa shape index (κ2) is 4.41. The number of benzene rings is 1. The second-order valence-corrected chi connectivity index (χ2v) is 4.00. The third-order valence-corrected chi connectivity index (χ3v) is 2.86. The zero-order valence-corrected chi connectivity index (χ0v) is 9.34. The Morgan fingerprint density at radius 3 is 2.88 bits per heavy atom. The molecule has 4 heteroatoms. The van der Waals surface area contributed by atoms with E-state index in [0.717, 1.165) is 24.5 Å². The van der Waals surface area contributed by atoms with Gasteiger partial charge in [-0.1, -0.05) is 18.2 Å². The lowest BCUT2D eigenvalue weighted by atomic mass is 10.0. The van der Waals surface area contributed by atoms with Gasteiger partial charge in [0, 0.05) is 12.0 Å². The van der Waals surface area contributed by atoms with E-state index < -0.39 is 0 Å². The van der Waals surface area contributed by atoms with E-state index in [-0.39, 0.29) is 6.04 Å². The van der Waals surface area contributed by atoms with Crippen LogP contribution in [0.5, 0.6) is 5.75 Å². The van der Waals surface area contributed by atoms with Gasteiger partial charge in [0.05, 0.1) is 30.7 Å². The summed E-state index contributed by atoms with van der Waals surface area (Å²) in [7, 11) is 0. The first-order valence-corrected chi connectivity index (χ1v) is 5.67. The second-order valence-electron chi connectivity index (χ2n) is 4.00. The molecule has 0 saturated heterocycles. The number of rotatable bonds is 2. The summed E-state index contributed by atoms with van der Waals surface area (Å²) in [6, 6.07) is 8.39. The zero-order valence-electron chi connectivity index (χ0n) is 9.34. The smallest absolute Gasteiger partial charge is 0.124 e. The highest BCUT2D eigenvalue weighted by Gasteiger charge is 2.20. The van der Waals surface area contributed by atoms with Gasteiger partial charge in [0.15, 0.2) is 0 Å². The number of nitrogens with one attached hydrogen (secondary N) is 1. The molecule has 4 nitrogen and oxygen atoms in total. The van der Waals surface area contributed by atoms with Crippen molar-refractivity contribution in [3.05, 3.63) is 48.5 Å². The molecule has 0 bridgehead atoms. The SMILES string of the molecule is c1ccc2c(c1)OCCC2Nc1cncnc1. The summed E-state index contributed by atoms with van der Waals surface area (Å²) >= 11 is 0. The fraction of sp³-hybridized carbons (Fsp3) is 0.231. The first-order valence-electron chi connectivity index (χ1n) is 5.67. The monoisotopic (exact) mass is 227 g/mol. The van der Waals surface area contributed by atoms with Crippen molar-refractivity contribution in [1.29, 1.82) is 0 Å². The molecule has 0 radical (unpaired) electrons. The topological polar surface area (TPSA) is 47.0 Å². The van der Waals surface area contributed by atoms with E-state index in [0.29, 0.717) is 0 Å². The van der Waals surface area contributed by atoms with Crippen LogP contribution in [0.1, 0.15) is 18.0 Å². The van der Waals surface area contributed by atoms with Crippen LogP contribution < -0.4 is 10.1 Å². The summed E-state index contributed by atoms with van der Waals surface area (Å²) in [6.07, 6.45) is 6.05. The summed E-state index contributed by atoms with van der Waals surface area (Å²) in [4.78, 5) is 8.00. The van der Waals surface area contributed by atoms with Crippen LogP contribution in [0.2, 0.25) is 0 Å². The van der Waals surface area contributed by atoms with Crippen molar-refractivity contribution in [3.63, 3.8) is 0 Å².